The lowest BCUT2D eigenvalue weighted by molar-refractivity contribution is -0.143. The molecule has 0 saturated heterocycles. The van der Waals surface area contributed by atoms with Gasteiger partial charge in [-0.2, -0.15) is 0 Å². The Morgan fingerprint density at radius 3 is 2.29 bits per heavy atom. The maximum atomic E-state index is 12.3. The molecule has 128 valence electrons. The van der Waals surface area contributed by atoms with Crippen molar-refractivity contribution >= 4 is 40.9 Å². The second kappa shape index (κ2) is 7.36. The van der Waals surface area contributed by atoms with E-state index in [0.29, 0.717) is 32.6 Å². The van der Waals surface area contributed by atoms with Crippen molar-refractivity contribution in [3.63, 3.8) is 0 Å². The summed E-state index contributed by atoms with van der Waals surface area (Å²) in [5, 5.41) is 0.719. The molecule has 0 N–H and O–H groups in total. The van der Waals surface area contributed by atoms with Gasteiger partial charge in [0, 0.05) is 17.3 Å². The highest BCUT2D eigenvalue weighted by Crippen LogP contribution is 2.41. The van der Waals surface area contributed by atoms with E-state index in [-0.39, 0.29) is 0 Å². The van der Waals surface area contributed by atoms with Crippen LogP contribution in [0.25, 0.3) is 0 Å². The average Bonchev–Trinajstić information content (AvgIpc) is 2.55. The second-order valence-corrected chi connectivity index (χ2v) is 6.21. The topological polar surface area (TPSA) is 65.0 Å². The Bertz CT molecular complexity index is 755. The zero-order chi connectivity index (χ0) is 18.0. The average molecular weight is 370 g/mol. The third-order valence-electron chi connectivity index (χ3n) is 3.99. The first-order valence-electron chi connectivity index (χ1n) is 7.18. The Kier molecular flexibility index (Phi) is 5.67. The number of methoxy groups -OCH3 is 2. The Labute approximate surface area is 150 Å². The smallest absolute Gasteiger partial charge is 0.336 e. The van der Waals surface area contributed by atoms with Gasteiger partial charge in [0.05, 0.1) is 29.8 Å². The van der Waals surface area contributed by atoms with Crippen molar-refractivity contribution in [3.05, 3.63) is 45.1 Å². The SMILES string of the molecule is COC(=O)C1=C(C)N=C(C)C(C(=O)OC)C1c1ccc(Cl)c(Cl)c1. The summed E-state index contributed by atoms with van der Waals surface area (Å²) in [7, 11) is 2.58. The summed E-state index contributed by atoms with van der Waals surface area (Å²) in [6.07, 6.45) is 0. The van der Waals surface area contributed by atoms with Crippen molar-refractivity contribution in [2.75, 3.05) is 14.2 Å². The van der Waals surface area contributed by atoms with E-state index in [2.05, 4.69) is 4.99 Å². The first-order valence-corrected chi connectivity index (χ1v) is 7.94. The minimum absolute atomic E-state index is 0.303. The predicted molar refractivity (Wildman–Crippen MR) is 92.5 cm³/mol. The number of carbonyl (C=O) groups excluding carboxylic acids is 2. The summed E-state index contributed by atoms with van der Waals surface area (Å²) >= 11 is 12.1. The molecule has 0 aliphatic carbocycles. The van der Waals surface area contributed by atoms with Crippen LogP contribution in [-0.4, -0.2) is 31.9 Å². The maximum absolute atomic E-state index is 12.3. The third-order valence-corrected chi connectivity index (χ3v) is 4.73. The van der Waals surface area contributed by atoms with Crippen molar-refractivity contribution in [1.82, 2.24) is 0 Å². The minimum atomic E-state index is -0.745. The molecular formula is C17H17Cl2NO4. The van der Waals surface area contributed by atoms with Crippen LogP contribution >= 0.6 is 23.2 Å². The molecule has 5 nitrogen and oxygen atoms in total. The van der Waals surface area contributed by atoms with E-state index in [9.17, 15) is 9.59 Å². The van der Waals surface area contributed by atoms with Crippen LogP contribution in [0.1, 0.15) is 25.3 Å². The highest BCUT2D eigenvalue weighted by atomic mass is 35.5. The van der Waals surface area contributed by atoms with Gasteiger partial charge in [-0.15, -0.1) is 0 Å². The summed E-state index contributed by atoms with van der Waals surface area (Å²) in [6.45, 7) is 3.43. The number of esters is 2. The van der Waals surface area contributed by atoms with Gasteiger partial charge in [-0.05, 0) is 31.5 Å². The molecule has 1 aliphatic heterocycles. The van der Waals surface area contributed by atoms with Crippen LogP contribution in [0.3, 0.4) is 0 Å². The van der Waals surface area contributed by atoms with Gasteiger partial charge >= 0.3 is 11.9 Å². The molecule has 1 aliphatic rings. The van der Waals surface area contributed by atoms with Gasteiger partial charge in [-0.3, -0.25) is 9.79 Å². The Morgan fingerprint density at radius 2 is 1.75 bits per heavy atom. The Hall–Kier alpha value is -1.85. The van der Waals surface area contributed by atoms with Crippen molar-refractivity contribution in [2.24, 2.45) is 10.9 Å². The van der Waals surface area contributed by atoms with E-state index >= 15 is 0 Å². The number of benzene rings is 1. The zero-order valence-electron chi connectivity index (χ0n) is 13.7. The molecule has 0 aromatic heterocycles. The monoisotopic (exact) mass is 369 g/mol. The van der Waals surface area contributed by atoms with Crippen LogP contribution in [0.5, 0.6) is 0 Å². The van der Waals surface area contributed by atoms with E-state index in [1.165, 1.54) is 14.2 Å². The largest absolute Gasteiger partial charge is 0.468 e. The fourth-order valence-corrected chi connectivity index (χ4v) is 3.22. The van der Waals surface area contributed by atoms with Crippen LogP contribution in [0.15, 0.2) is 34.5 Å². The van der Waals surface area contributed by atoms with Crippen LogP contribution < -0.4 is 0 Å². The summed E-state index contributed by atoms with van der Waals surface area (Å²) in [4.78, 5) is 29.0. The van der Waals surface area contributed by atoms with Crippen molar-refractivity contribution < 1.29 is 19.1 Å². The number of allylic oxidation sites excluding steroid dienone is 1. The van der Waals surface area contributed by atoms with E-state index in [1.54, 1.807) is 32.0 Å². The van der Waals surface area contributed by atoms with E-state index in [0.717, 1.165) is 0 Å². The van der Waals surface area contributed by atoms with Gasteiger partial charge in [-0.1, -0.05) is 29.3 Å². The fraction of sp³-hybridized carbons (Fsp3) is 0.353. The summed E-state index contributed by atoms with van der Waals surface area (Å²) in [5.74, 6) is -2.39. The molecule has 2 unspecified atom stereocenters. The quantitative estimate of drug-likeness (QED) is 0.760. The number of aliphatic imine (C=N–C) groups is 1. The normalized spacial score (nSPS) is 20.5. The number of carbonyl (C=O) groups is 2. The van der Waals surface area contributed by atoms with Crippen molar-refractivity contribution in [2.45, 2.75) is 19.8 Å². The molecule has 7 heteroatoms. The minimum Gasteiger partial charge on any atom is -0.468 e. The van der Waals surface area contributed by atoms with Gasteiger partial charge in [0.1, 0.15) is 5.92 Å². The molecule has 0 amide bonds. The highest BCUT2D eigenvalue weighted by molar-refractivity contribution is 6.42. The Balaban J connectivity index is 2.69. The number of halogens is 2. The van der Waals surface area contributed by atoms with Gasteiger partial charge < -0.3 is 9.47 Å². The van der Waals surface area contributed by atoms with E-state index < -0.39 is 23.8 Å². The predicted octanol–water partition coefficient (Wildman–Crippen LogP) is 3.79. The zero-order valence-corrected chi connectivity index (χ0v) is 15.2. The summed E-state index contributed by atoms with van der Waals surface area (Å²) in [5.41, 5.74) is 2.02. The molecule has 0 radical (unpaired) electrons. The molecule has 1 aromatic rings. The summed E-state index contributed by atoms with van der Waals surface area (Å²) in [6, 6.07) is 4.99. The molecule has 0 fully saturated rings. The van der Waals surface area contributed by atoms with Gasteiger partial charge in [0.2, 0.25) is 0 Å². The number of ether oxygens (including phenoxy) is 2. The molecule has 0 saturated carbocycles. The van der Waals surface area contributed by atoms with Crippen LogP contribution in [0.4, 0.5) is 0 Å². The van der Waals surface area contributed by atoms with Crippen molar-refractivity contribution in [3.8, 4) is 0 Å². The number of hydrogen-bond acceptors (Lipinski definition) is 5. The lowest BCUT2D eigenvalue weighted by Crippen LogP contribution is -2.36. The molecular weight excluding hydrogens is 353 g/mol. The molecule has 0 spiro atoms. The Morgan fingerprint density at radius 1 is 1.08 bits per heavy atom. The molecule has 1 aromatic carbocycles. The molecule has 24 heavy (non-hydrogen) atoms. The van der Waals surface area contributed by atoms with Crippen LogP contribution in [0, 0.1) is 5.92 Å². The number of rotatable bonds is 3. The van der Waals surface area contributed by atoms with Crippen LogP contribution in [0.2, 0.25) is 10.0 Å². The first kappa shape index (κ1) is 18.5. The number of hydrogen-bond donors (Lipinski definition) is 0. The van der Waals surface area contributed by atoms with Gasteiger partial charge in [0.25, 0.3) is 0 Å². The third kappa shape index (κ3) is 3.32. The highest BCUT2D eigenvalue weighted by Gasteiger charge is 2.42. The van der Waals surface area contributed by atoms with Crippen LogP contribution in [-0.2, 0) is 19.1 Å². The molecule has 2 atom stereocenters. The lowest BCUT2D eigenvalue weighted by atomic mass is 9.75. The van der Waals surface area contributed by atoms with E-state index in [1.807, 2.05) is 0 Å². The standard InChI is InChI=1S/C17H17Cl2NO4/c1-8-13(16(21)23-3)15(10-5-6-11(18)12(19)7-10)14(9(2)20-8)17(22)24-4/h5-7,13,15H,1-4H3. The molecule has 1 heterocycles. The summed E-state index contributed by atoms with van der Waals surface area (Å²) < 4.78 is 9.79. The van der Waals surface area contributed by atoms with Crippen molar-refractivity contribution in [1.29, 1.82) is 0 Å². The van der Waals surface area contributed by atoms with Gasteiger partial charge in [-0.25, -0.2) is 4.79 Å². The molecule has 2 rings (SSSR count). The second-order valence-electron chi connectivity index (χ2n) is 5.40. The lowest BCUT2D eigenvalue weighted by Gasteiger charge is -2.31. The van der Waals surface area contributed by atoms with Gasteiger partial charge in [0.15, 0.2) is 0 Å². The maximum Gasteiger partial charge on any atom is 0.336 e. The van der Waals surface area contributed by atoms with E-state index in [4.69, 9.17) is 32.7 Å². The fourth-order valence-electron chi connectivity index (χ4n) is 2.91. The molecule has 0 bridgehead atoms. The first-order chi connectivity index (χ1) is 11.3. The number of nitrogens with zero attached hydrogens (tertiary/aromatic N) is 1.